The van der Waals surface area contributed by atoms with Crippen LogP contribution in [0.5, 0.6) is 0 Å². The van der Waals surface area contributed by atoms with Crippen LogP contribution in [0, 0.1) is 11.8 Å². The van der Waals surface area contributed by atoms with E-state index < -0.39 is 5.97 Å². The molecule has 3 heteroatoms. The Bertz CT molecular complexity index is 556. The number of benzene rings is 1. The molecule has 3 nitrogen and oxygen atoms in total. The highest BCUT2D eigenvalue weighted by atomic mass is 16.4. The Kier molecular flexibility index (Phi) is 2.75. The summed E-state index contributed by atoms with van der Waals surface area (Å²) in [6.07, 6.45) is 1.18. The van der Waals surface area contributed by atoms with Crippen LogP contribution in [-0.2, 0) is 0 Å². The summed E-state index contributed by atoms with van der Waals surface area (Å²) in [5, 5.41) is 8.68. The highest BCUT2D eigenvalue weighted by molar-refractivity contribution is 5.87. The van der Waals surface area contributed by atoms with Crippen LogP contribution < -0.4 is 0 Å². The van der Waals surface area contributed by atoms with Crippen molar-refractivity contribution in [1.82, 2.24) is 0 Å². The molecule has 0 aliphatic heterocycles. The van der Waals surface area contributed by atoms with E-state index in [1.807, 2.05) is 30.3 Å². The van der Waals surface area contributed by atoms with E-state index in [9.17, 15) is 4.79 Å². The van der Waals surface area contributed by atoms with Gasteiger partial charge in [-0.05, 0) is 18.1 Å². The second kappa shape index (κ2) is 4.37. The van der Waals surface area contributed by atoms with Gasteiger partial charge in [0, 0.05) is 11.6 Å². The lowest BCUT2D eigenvalue weighted by Crippen LogP contribution is -1.91. The zero-order valence-corrected chi connectivity index (χ0v) is 8.31. The molecule has 0 atom stereocenters. The molecule has 0 radical (unpaired) electrons. The first-order chi connectivity index (χ1) is 7.75. The van der Waals surface area contributed by atoms with Crippen LogP contribution in [0.25, 0.3) is 0 Å². The van der Waals surface area contributed by atoms with Gasteiger partial charge < -0.3 is 9.52 Å². The van der Waals surface area contributed by atoms with Crippen LogP contribution in [0.1, 0.15) is 21.7 Å². The standard InChI is InChI=1S/C13H8O3/c14-13(15)11-8-12(16-9-11)7-6-10-4-2-1-3-5-10/h1-5,8-9H,(H,14,15). The van der Waals surface area contributed by atoms with E-state index in [0.29, 0.717) is 5.76 Å². The van der Waals surface area contributed by atoms with E-state index in [1.54, 1.807) is 0 Å². The lowest BCUT2D eigenvalue weighted by Gasteiger charge is -1.85. The predicted molar refractivity (Wildman–Crippen MR) is 58.1 cm³/mol. The third-order valence-electron chi connectivity index (χ3n) is 1.95. The van der Waals surface area contributed by atoms with E-state index in [4.69, 9.17) is 9.52 Å². The Balaban J connectivity index is 2.21. The van der Waals surface area contributed by atoms with Crippen molar-refractivity contribution < 1.29 is 14.3 Å². The number of rotatable bonds is 1. The summed E-state index contributed by atoms with van der Waals surface area (Å²) in [6.45, 7) is 0. The van der Waals surface area contributed by atoms with Gasteiger partial charge in [0.1, 0.15) is 6.26 Å². The lowest BCUT2D eigenvalue weighted by atomic mass is 10.2. The molecule has 0 aliphatic rings. The topological polar surface area (TPSA) is 50.4 Å². The maximum Gasteiger partial charge on any atom is 0.339 e. The SMILES string of the molecule is O=C(O)c1coc(C#Cc2ccccc2)c1. The molecule has 2 aromatic rings. The Labute approximate surface area is 92.3 Å². The Hall–Kier alpha value is -2.47. The van der Waals surface area contributed by atoms with Crippen molar-refractivity contribution in [1.29, 1.82) is 0 Å². The van der Waals surface area contributed by atoms with Gasteiger partial charge >= 0.3 is 5.97 Å². The van der Waals surface area contributed by atoms with E-state index in [-0.39, 0.29) is 5.56 Å². The predicted octanol–water partition coefficient (Wildman–Crippen LogP) is 2.38. The van der Waals surface area contributed by atoms with Crippen LogP contribution >= 0.6 is 0 Å². The van der Waals surface area contributed by atoms with Crippen molar-refractivity contribution >= 4 is 5.97 Å². The van der Waals surface area contributed by atoms with Crippen LogP contribution in [-0.4, -0.2) is 11.1 Å². The fraction of sp³-hybridized carbons (Fsp3) is 0. The maximum atomic E-state index is 10.6. The summed E-state index contributed by atoms with van der Waals surface area (Å²) in [7, 11) is 0. The largest absolute Gasteiger partial charge is 0.478 e. The van der Waals surface area contributed by atoms with Gasteiger partial charge in [0.15, 0.2) is 5.76 Å². The summed E-state index contributed by atoms with van der Waals surface area (Å²) in [4.78, 5) is 10.6. The monoisotopic (exact) mass is 212 g/mol. The van der Waals surface area contributed by atoms with Gasteiger partial charge in [0.05, 0.1) is 5.56 Å². The van der Waals surface area contributed by atoms with Gasteiger partial charge in [-0.25, -0.2) is 4.79 Å². The first kappa shape index (κ1) is 10.1. The van der Waals surface area contributed by atoms with E-state index >= 15 is 0 Å². The molecule has 0 spiro atoms. The number of hydrogen-bond acceptors (Lipinski definition) is 2. The molecule has 0 saturated heterocycles. The van der Waals surface area contributed by atoms with Crippen molar-refractivity contribution in [2.24, 2.45) is 0 Å². The van der Waals surface area contributed by atoms with Gasteiger partial charge in [-0.3, -0.25) is 0 Å². The van der Waals surface area contributed by atoms with Crippen LogP contribution in [0.4, 0.5) is 0 Å². The third kappa shape index (κ3) is 2.31. The number of carboxylic acids is 1. The van der Waals surface area contributed by atoms with Gasteiger partial charge in [-0.1, -0.05) is 24.1 Å². The number of hydrogen-bond donors (Lipinski definition) is 1. The summed E-state index contributed by atoms with van der Waals surface area (Å²) in [5.74, 6) is 4.96. The third-order valence-corrected chi connectivity index (χ3v) is 1.95. The lowest BCUT2D eigenvalue weighted by molar-refractivity contribution is 0.0696. The normalized spacial score (nSPS) is 9.25. The molecule has 0 fully saturated rings. The van der Waals surface area contributed by atoms with E-state index in [2.05, 4.69) is 11.8 Å². The fourth-order valence-corrected chi connectivity index (χ4v) is 1.17. The number of furan rings is 1. The summed E-state index contributed by atoms with van der Waals surface area (Å²) >= 11 is 0. The Morgan fingerprint density at radius 2 is 1.94 bits per heavy atom. The maximum absolute atomic E-state index is 10.6. The average Bonchev–Trinajstić information content (AvgIpc) is 2.76. The molecule has 1 heterocycles. The quantitative estimate of drug-likeness (QED) is 0.738. The first-order valence-corrected chi connectivity index (χ1v) is 4.64. The Morgan fingerprint density at radius 1 is 1.19 bits per heavy atom. The van der Waals surface area contributed by atoms with E-state index in [0.717, 1.165) is 5.56 Å². The molecule has 1 N–H and O–H groups in total. The molecule has 2 rings (SSSR count). The minimum Gasteiger partial charge on any atom is -0.478 e. The second-order valence-electron chi connectivity index (χ2n) is 3.12. The van der Waals surface area contributed by atoms with Crippen LogP contribution in [0.2, 0.25) is 0 Å². The van der Waals surface area contributed by atoms with Crippen molar-refractivity contribution in [2.75, 3.05) is 0 Å². The molecule has 1 aromatic heterocycles. The number of aromatic carboxylic acids is 1. The molecule has 78 valence electrons. The fourth-order valence-electron chi connectivity index (χ4n) is 1.17. The van der Waals surface area contributed by atoms with Crippen LogP contribution in [0.3, 0.4) is 0 Å². The highest BCUT2D eigenvalue weighted by Crippen LogP contribution is 2.06. The van der Waals surface area contributed by atoms with Crippen molar-refractivity contribution in [3.8, 4) is 11.8 Å². The first-order valence-electron chi connectivity index (χ1n) is 4.64. The Morgan fingerprint density at radius 3 is 2.56 bits per heavy atom. The zero-order valence-electron chi connectivity index (χ0n) is 8.31. The minimum absolute atomic E-state index is 0.109. The molecule has 0 amide bonds. The average molecular weight is 212 g/mol. The number of carbonyl (C=O) groups is 1. The summed E-state index contributed by atoms with van der Waals surface area (Å²) < 4.78 is 4.99. The minimum atomic E-state index is -1.02. The molecule has 0 saturated carbocycles. The molecular weight excluding hydrogens is 204 g/mol. The molecule has 16 heavy (non-hydrogen) atoms. The molecular formula is C13H8O3. The molecule has 1 aromatic carbocycles. The van der Waals surface area contributed by atoms with Gasteiger partial charge in [-0.15, -0.1) is 0 Å². The van der Waals surface area contributed by atoms with Gasteiger partial charge in [0.2, 0.25) is 0 Å². The summed E-state index contributed by atoms with van der Waals surface area (Å²) in [6, 6.07) is 10.8. The second-order valence-corrected chi connectivity index (χ2v) is 3.12. The molecule has 0 bridgehead atoms. The molecule has 0 aliphatic carbocycles. The zero-order chi connectivity index (χ0) is 11.4. The summed E-state index contributed by atoms with van der Waals surface area (Å²) in [5.41, 5.74) is 0.966. The smallest absolute Gasteiger partial charge is 0.339 e. The van der Waals surface area contributed by atoms with Gasteiger partial charge in [-0.2, -0.15) is 0 Å². The molecule has 0 unspecified atom stereocenters. The highest BCUT2D eigenvalue weighted by Gasteiger charge is 2.05. The van der Waals surface area contributed by atoms with Crippen molar-refractivity contribution in [3.05, 3.63) is 59.5 Å². The van der Waals surface area contributed by atoms with Crippen molar-refractivity contribution in [2.45, 2.75) is 0 Å². The number of carboxylic acid groups (broad SMARTS) is 1. The van der Waals surface area contributed by atoms with E-state index in [1.165, 1.54) is 12.3 Å². The van der Waals surface area contributed by atoms with Crippen molar-refractivity contribution in [3.63, 3.8) is 0 Å². The van der Waals surface area contributed by atoms with Crippen LogP contribution in [0.15, 0.2) is 47.1 Å². The van der Waals surface area contributed by atoms with Gasteiger partial charge in [0.25, 0.3) is 0 Å².